The van der Waals surface area contributed by atoms with Crippen molar-refractivity contribution in [3.05, 3.63) is 200 Å². The molecule has 0 amide bonds. The van der Waals surface area contributed by atoms with Gasteiger partial charge in [-0.25, -0.2) is 19.9 Å². The molecule has 304 valence electrons. The Morgan fingerprint density at radius 2 is 0.587 bits per heavy atom. The minimum absolute atomic E-state index is 0.511. The SMILES string of the molecule is CC1(C)OB(c2cc(-c3cccc(-c4nc(-c5ccccc5)cc(-c5ccccc5)n4)c3)cc(-c3cccc(-c4nc(-c5ccccc5)cc(-c5ccccc5)n4)c3)c2)OC1(C)C. The fourth-order valence-corrected chi connectivity index (χ4v) is 7.96. The Hall–Kier alpha value is -7.32. The number of nitrogens with zero attached hydrogens (tertiary/aromatic N) is 4. The zero-order valence-electron chi connectivity index (χ0n) is 35.7. The number of benzene rings is 7. The number of hydrogen-bond acceptors (Lipinski definition) is 6. The van der Waals surface area contributed by atoms with Gasteiger partial charge in [0.15, 0.2) is 11.6 Å². The lowest BCUT2D eigenvalue weighted by Gasteiger charge is -2.32. The molecule has 0 radical (unpaired) electrons. The molecule has 0 saturated carbocycles. The topological polar surface area (TPSA) is 70.0 Å². The van der Waals surface area contributed by atoms with Gasteiger partial charge in [-0.15, -0.1) is 0 Å². The Bertz CT molecular complexity index is 2750. The van der Waals surface area contributed by atoms with Crippen LogP contribution >= 0.6 is 0 Å². The van der Waals surface area contributed by atoms with E-state index in [-0.39, 0.29) is 0 Å². The predicted octanol–water partition coefficient (Wildman–Crippen LogP) is 12.9. The zero-order valence-corrected chi connectivity index (χ0v) is 35.7. The third kappa shape index (κ3) is 8.24. The van der Waals surface area contributed by atoms with Crippen LogP contribution in [0.2, 0.25) is 0 Å². The largest absolute Gasteiger partial charge is 0.494 e. The van der Waals surface area contributed by atoms with Gasteiger partial charge in [-0.1, -0.05) is 170 Å². The van der Waals surface area contributed by atoms with Gasteiger partial charge in [-0.3, -0.25) is 0 Å². The van der Waals surface area contributed by atoms with Crippen LogP contribution in [0.4, 0.5) is 0 Å². The van der Waals surface area contributed by atoms with Gasteiger partial charge in [0.25, 0.3) is 0 Å². The summed E-state index contributed by atoms with van der Waals surface area (Å²) >= 11 is 0. The number of hydrogen-bond donors (Lipinski definition) is 0. The van der Waals surface area contributed by atoms with Gasteiger partial charge in [-0.2, -0.15) is 0 Å². The molecule has 0 atom stereocenters. The predicted molar refractivity (Wildman–Crippen MR) is 257 cm³/mol. The highest BCUT2D eigenvalue weighted by Gasteiger charge is 2.51. The fraction of sp³-hybridized carbons (Fsp3) is 0.107. The standard InChI is InChI=1S/C56H45BN4O2/c1-55(2)56(3,4)63-57(62-55)48-34-46(42-27-17-29-44(31-42)53-58-49(38-19-9-5-10-20-38)36-50(59-53)39-21-11-6-12-22-39)33-47(35-48)43-28-18-30-45(32-43)54-60-51(40-23-13-7-14-24-40)37-52(61-54)41-25-15-8-16-26-41/h5-37H,1-4H3. The first-order chi connectivity index (χ1) is 30.7. The minimum atomic E-state index is -0.571. The fourth-order valence-electron chi connectivity index (χ4n) is 7.96. The minimum Gasteiger partial charge on any atom is -0.399 e. The van der Waals surface area contributed by atoms with E-state index < -0.39 is 18.3 Å². The van der Waals surface area contributed by atoms with Gasteiger partial charge in [0.05, 0.1) is 34.0 Å². The molecule has 0 bridgehead atoms. The third-order valence-corrected chi connectivity index (χ3v) is 12.1. The lowest BCUT2D eigenvalue weighted by molar-refractivity contribution is 0.00578. The van der Waals surface area contributed by atoms with Crippen molar-refractivity contribution in [3.8, 4) is 90.1 Å². The summed E-state index contributed by atoms with van der Waals surface area (Å²) in [5.41, 5.74) is 13.4. The van der Waals surface area contributed by atoms with Crippen molar-refractivity contribution >= 4 is 12.6 Å². The molecule has 9 aromatic rings. The van der Waals surface area contributed by atoms with E-state index in [2.05, 4.69) is 155 Å². The van der Waals surface area contributed by atoms with E-state index in [1.165, 1.54) is 0 Å². The molecule has 10 rings (SSSR count). The van der Waals surface area contributed by atoms with E-state index in [1.54, 1.807) is 0 Å². The summed E-state index contributed by atoms with van der Waals surface area (Å²) in [5.74, 6) is 1.30. The van der Waals surface area contributed by atoms with Crippen LogP contribution in [0.5, 0.6) is 0 Å². The summed E-state index contributed by atoms with van der Waals surface area (Å²) in [4.78, 5) is 20.6. The highest BCUT2D eigenvalue weighted by Crippen LogP contribution is 2.38. The Kier molecular flexibility index (Phi) is 10.4. The maximum atomic E-state index is 6.68. The van der Waals surface area contributed by atoms with Crippen LogP contribution in [0.25, 0.3) is 90.1 Å². The summed E-state index contributed by atoms with van der Waals surface area (Å²) in [7, 11) is -0.571. The second kappa shape index (κ2) is 16.5. The number of aromatic nitrogens is 4. The molecule has 1 fully saturated rings. The Labute approximate surface area is 369 Å². The molecule has 0 N–H and O–H groups in total. The first kappa shape index (κ1) is 39.8. The molecule has 0 spiro atoms. The van der Waals surface area contributed by atoms with Crippen molar-refractivity contribution in [1.29, 1.82) is 0 Å². The molecule has 7 aromatic carbocycles. The molecule has 3 heterocycles. The molecule has 7 heteroatoms. The molecular weight excluding hydrogens is 771 g/mol. The quantitative estimate of drug-likeness (QED) is 0.135. The Balaban J connectivity index is 1.09. The monoisotopic (exact) mass is 816 g/mol. The zero-order chi connectivity index (χ0) is 43.0. The first-order valence-electron chi connectivity index (χ1n) is 21.4. The van der Waals surface area contributed by atoms with E-state index in [4.69, 9.17) is 29.2 Å². The highest BCUT2D eigenvalue weighted by molar-refractivity contribution is 6.62. The van der Waals surface area contributed by atoms with Gasteiger partial charge in [0.2, 0.25) is 0 Å². The van der Waals surface area contributed by atoms with E-state index in [0.29, 0.717) is 11.6 Å². The van der Waals surface area contributed by atoms with Crippen LogP contribution in [-0.2, 0) is 9.31 Å². The van der Waals surface area contributed by atoms with E-state index in [1.807, 2.05) is 72.8 Å². The van der Waals surface area contributed by atoms with Gasteiger partial charge in [0.1, 0.15) is 0 Å². The van der Waals surface area contributed by atoms with Crippen LogP contribution in [0.1, 0.15) is 27.7 Å². The van der Waals surface area contributed by atoms with Crippen molar-refractivity contribution in [2.75, 3.05) is 0 Å². The molecule has 1 aliphatic rings. The van der Waals surface area contributed by atoms with Crippen LogP contribution in [0.3, 0.4) is 0 Å². The Morgan fingerprint density at radius 1 is 0.302 bits per heavy atom. The normalized spacial score (nSPS) is 14.1. The molecule has 1 aliphatic heterocycles. The second-order valence-corrected chi connectivity index (χ2v) is 17.0. The number of rotatable bonds is 9. The van der Waals surface area contributed by atoms with Crippen LogP contribution in [0, 0.1) is 0 Å². The second-order valence-electron chi connectivity index (χ2n) is 17.0. The van der Waals surface area contributed by atoms with Crippen LogP contribution < -0.4 is 5.46 Å². The molecule has 63 heavy (non-hydrogen) atoms. The molecule has 1 saturated heterocycles. The average molecular weight is 817 g/mol. The molecule has 2 aromatic heterocycles. The van der Waals surface area contributed by atoms with Crippen LogP contribution in [-0.4, -0.2) is 38.3 Å². The van der Waals surface area contributed by atoms with Gasteiger partial charge in [0, 0.05) is 33.4 Å². The first-order valence-corrected chi connectivity index (χ1v) is 21.4. The van der Waals surface area contributed by atoms with Crippen molar-refractivity contribution < 1.29 is 9.31 Å². The smallest absolute Gasteiger partial charge is 0.399 e. The van der Waals surface area contributed by atoms with E-state index >= 15 is 0 Å². The average Bonchev–Trinajstić information content (AvgIpc) is 3.57. The highest BCUT2D eigenvalue weighted by atomic mass is 16.7. The molecule has 0 aliphatic carbocycles. The molecule has 0 unspecified atom stereocenters. The van der Waals surface area contributed by atoms with E-state index in [0.717, 1.165) is 83.9 Å². The summed E-state index contributed by atoms with van der Waals surface area (Å²) in [6.07, 6.45) is 0. The molecule has 6 nitrogen and oxygen atoms in total. The maximum Gasteiger partial charge on any atom is 0.494 e. The van der Waals surface area contributed by atoms with Gasteiger partial charge < -0.3 is 9.31 Å². The lowest BCUT2D eigenvalue weighted by atomic mass is 9.76. The van der Waals surface area contributed by atoms with Gasteiger partial charge >= 0.3 is 7.12 Å². The third-order valence-electron chi connectivity index (χ3n) is 12.1. The molecular formula is C56H45BN4O2. The summed E-state index contributed by atoms with van der Waals surface area (Å²) in [6.45, 7) is 8.35. The summed E-state index contributed by atoms with van der Waals surface area (Å²) in [6, 6.07) is 68.8. The van der Waals surface area contributed by atoms with Crippen molar-refractivity contribution in [2.45, 2.75) is 38.9 Å². The summed E-state index contributed by atoms with van der Waals surface area (Å²) in [5, 5.41) is 0. The lowest BCUT2D eigenvalue weighted by Crippen LogP contribution is -2.41. The Morgan fingerprint density at radius 3 is 0.921 bits per heavy atom. The van der Waals surface area contributed by atoms with E-state index in [9.17, 15) is 0 Å². The maximum absolute atomic E-state index is 6.68. The van der Waals surface area contributed by atoms with Crippen molar-refractivity contribution in [1.82, 2.24) is 19.9 Å². The van der Waals surface area contributed by atoms with Crippen LogP contribution in [0.15, 0.2) is 200 Å². The van der Waals surface area contributed by atoms with Gasteiger partial charge in [-0.05, 0) is 85.7 Å². The summed E-state index contributed by atoms with van der Waals surface area (Å²) < 4.78 is 13.4. The van der Waals surface area contributed by atoms with Crippen molar-refractivity contribution in [3.63, 3.8) is 0 Å². The van der Waals surface area contributed by atoms with Crippen molar-refractivity contribution in [2.24, 2.45) is 0 Å².